The highest BCUT2D eigenvalue weighted by Crippen LogP contribution is 2.21. The fourth-order valence-electron chi connectivity index (χ4n) is 4.39. The molecule has 34 heavy (non-hydrogen) atoms. The van der Waals surface area contributed by atoms with Crippen molar-refractivity contribution in [1.82, 2.24) is 10.2 Å². The van der Waals surface area contributed by atoms with E-state index in [-0.39, 0.29) is 24.5 Å². The molecule has 1 fully saturated rings. The molecule has 0 bridgehead atoms. The molecule has 2 aromatic rings. The van der Waals surface area contributed by atoms with Crippen LogP contribution in [-0.2, 0) is 16.1 Å². The van der Waals surface area contributed by atoms with Gasteiger partial charge >= 0.3 is 0 Å². The summed E-state index contributed by atoms with van der Waals surface area (Å²) in [5.41, 5.74) is 2.15. The van der Waals surface area contributed by atoms with Gasteiger partial charge in [0.15, 0.2) is 6.61 Å². The lowest BCUT2D eigenvalue weighted by Gasteiger charge is -2.31. The smallest absolute Gasteiger partial charge is 0.261 e. The number of nitrogens with one attached hydrogen (secondary N) is 1. The van der Waals surface area contributed by atoms with Gasteiger partial charge in [0, 0.05) is 12.6 Å². The first-order valence-corrected chi connectivity index (χ1v) is 12.4. The first-order valence-electron chi connectivity index (χ1n) is 12.4. The maximum Gasteiger partial charge on any atom is 0.261 e. The van der Waals surface area contributed by atoms with Crippen LogP contribution in [-0.4, -0.2) is 42.5 Å². The fourth-order valence-corrected chi connectivity index (χ4v) is 4.39. The van der Waals surface area contributed by atoms with Gasteiger partial charge in [-0.2, -0.15) is 0 Å². The maximum absolute atomic E-state index is 13.4. The highest BCUT2D eigenvalue weighted by molar-refractivity contribution is 5.88. The number of rotatable bonds is 11. The summed E-state index contributed by atoms with van der Waals surface area (Å²) in [5, 5.41) is 3.17. The Hall–Kier alpha value is -3.02. The molecule has 2 aromatic carbocycles. The van der Waals surface area contributed by atoms with Crippen LogP contribution in [0.2, 0.25) is 0 Å². The third kappa shape index (κ3) is 6.99. The van der Waals surface area contributed by atoms with E-state index in [4.69, 9.17) is 9.47 Å². The Labute approximate surface area is 203 Å². The summed E-state index contributed by atoms with van der Waals surface area (Å²) in [4.78, 5) is 28.2. The molecule has 0 spiro atoms. The van der Waals surface area contributed by atoms with E-state index in [1.807, 2.05) is 55.5 Å². The first-order chi connectivity index (χ1) is 16.4. The van der Waals surface area contributed by atoms with Crippen molar-refractivity contribution in [3.8, 4) is 11.5 Å². The van der Waals surface area contributed by atoms with E-state index >= 15 is 0 Å². The van der Waals surface area contributed by atoms with E-state index in [9.17, 15) is 9.59 Å². The second kappa shape index (κ2) is 12.4. The summed E-state index contributed by atoms with van der Waals surface area (Å²) < 4.78 is 11.1. The van der Waals surface area contributed by atoms with Crippen molar-refractivity contribution < 1.29 is 19.1 Å². The normalized spacial score (nSPS) is 14.6. The molecular weight excluding hydrogens is 428 g/mol. The van der Waals surface area contributed by atoms with Crippen LogP contribution in [0, 0.1) is 0 Å². The number of benzene rings is 2. The minimum Gasteiger partial charge on any atom is -0.497 e. The van der Waals surface area contributed by atoms with Crippen LogP contribution >= 0.6 is 0 Å². The van der Waals surface area contributed by atoms with Gasteiger partial charge in [-0.1, -0.05) is 57.9 Å². The number of carbonyl (C=O) groups excluding carboxylic acids is 2. The molecule has 0 heterocycles. The molecule has 6 nitrogen and oxygen atoms in total. The van der Waals surface area contributed by atoms with E-state index in [0.29, 0.717) is 24.6 Å². The molecule has 1 N–H and O–H groups in total. The second-order valence-electron chi connectivity index (χ2n) is 9.30. The van der Waals surface area contributed by atoms with Crippen molar-refractivity contribution >= 4 is 11.8 Å². The lowest BCUT2D eigenvalue weighted by molar-refractivity contribution is -0.143. The third-order valence-electron chi connectivity index (χ3n) is 6.51. The summed E-state index contributed by atoms with van der Waals surface area (Å²) in [6, 6.07) is 15.0. The minimum absolute atomic E-state index is 0.0856. The molecule has 1 atom stereocenters. The number of hydrogen-bond acceptors (Lipinski definition) is 4. The summed E-state index contributed by atoms with van der Waals surface area (Å²) in [6.07, 6.45) is 4.82. The molecule has 0 saturated heterocycles. The van der Waals surface area contributed by atoms with Crippen molar-refractivity contribution in [1.29, 1.82) is 0 Å². The predicted molar refractivity (Wildman–Crippen MR) is 134 cm³/mol. The molecule has 0 aliphatic heterocycles. The number of amides is 2. The SMILES string of the molecule is CCC(C(=O)NC1CCCC1)N(Cc1ccc(OC)cc1)C(=O)COc1ccc(C(C)C)cc1. The Bertz CT molecular complexity index is 918. The third-order valence-corrected chi connectivity index (χ3v) is 6.51. The molecule has 3 rings (SSSR count). The number of hydrogen-bond donors (Lipinski definition) is 1. The molecule has 1 aliphatic carbocycles. The van der Waals surface area contributed by atoms with E-state index in [0.717, 1.165) is 37.0 Å². The average molecular weight is 467 g/mol. The molecule has 1 saturated carbocycles. The molecule has 1 unspecified atom stereocenters. The molecular formula is C28H38N2O4. The van der Waals surface area contributed by atoms with Crippen LogP contribution in [0.3, 0.4) is 0 Å². The maximum atomic E-state index is 13.4. The second-order valence-corrected chi connectivity index (χ2v) is 9.30. The van der Waals surface area contributed by atoms with Crippen LogP contribution < -0.4 is 14.8 Å². The molecule has 2 amide bonds. The van der Waals surface area contributed by atoms with E-state index < -0.39 is 6.04 Å². The van der Waals surface area contributed by atoms with Crippen molar-refractivity contribution in [2.45, 2.75) is 77.4 Å². The Morgan fingerprint density at radius 2 is 1.62 bits per heavy atom. The zero-order valence-electron chi connectivity index (χ0n) is 20.9. The zero-order chi connectivity index (χ0) is 24.5. The van der Waals surface area contributed by atoms with Crippen LogP contribution in [0.25, 0.3) is 0 Å². The topological polar surface area (TPSA) is 67.9 Å². The number of ether oxygens (including phenoxy) is 2. The van der Waals surface area contributed by atoms with Crippen molar-refractivity contribution in [2.24, 2.45) is 0 Å². The minimum atomic E-state index is -0.554. The highest BCUT2D eigenvalue weighted by Gasteiger charge is 2.30. The summed E-state index contributed by atoms with van der Waals surface area (Å²) in [7, 11) is 1.62. The van der Waals surface area contributed by atoms with Gasteiger partial charge < -0.3 is 19.7 Å². The Balaban J connectivity index is 1.73. The van der Waals surface area contributed by atoms with E-state index in [1.165, 1.54) is 5.56 Å². The lowest BCUT2D eigenvalue weighted by atomic mass is 10.0. The molecule has 6 heteroatoms. The Morgan fingerprint density at radius 3 is 2.18 bits per heavy atom. The predicted octanol–water partition coefficient (Wildman–Crippen LogP) is 5.06. The van der Waals surface area contributed by atoms with Gasteiger partial charge in [-0.15, -0.1) is 0 Å². The van der Waals surface area contributed by atoms with Gasteiger partial charge in [0.25, 0.3) is 5.91 Å². The fraction of sp³-hybridized carbons (Fsp3) is 0.500. The summed E-state index contributed by atoms with van der Waals surface area (Å²) >= 11 is 0. The Kier molecular flexibility index (Phi) is 9.37. The summed E-state index contributed by atoms with van der Waals surface area (Å²) in [5.74, 6) is 1.53. The number of nitrogens with zero attached hydrogens (tertiary/aromatic N) is 1. The van der Waals surface area contributed by atoms with Crippen LogP contribution in [0.15, 0.2) is 48.5 Å². The van der Waals surface area contributed by atoms with Gasteiger partial charge in [0.05, 0.1) is 7.11 Å². The summed E-state index contributed by atoms with van der Waals surface area (Å²) in [6.45, 7) is 6.42. The molecule has 0 aromatic heterocycles. The molecule has 0 radical (unpaired) electrons. The van der Waals surface area contributed by atoms with Crippen molar-refractivity contribution in [2.75, 3.05) is 13.7 Å². The lowest BCUT2D eigenvalue weighted by Crippen LogP contribution is -2.52. The van der Waals surface area contributed by atoms with Gasteiger partial charge in [-0.05, 0) is 60.6 Å². The van der Waals surface area contributed by atoms with Gasteiger partial charge in [0.2, 0.25) is 5.91 Å². The monoisotopic (exact) mass is 466 g/mol. The number of methoxy groups -OCH3 is 1. The zero-order valence-corrected chi connectivity index (χ0v) is 20.9. The van der Waals surface area contributed by atoms with Gasteiger partial charge in [-0.3, -0.25) is 9.59 Å². The van der Waals surface area contributed by atoms with Crippen LogP contribution in [0.5, 0.6) is 11.5 Å². The molecule has 184 valence electrons. The van der Waals surface area contributed by atoms with Gasteiger partial charge in [0.1, 0.15) is 17.5 Å². The van der Waals surface area contributed by atoms with Crippen molar-refractivity contribution in [3.63, 3.8) is 0 Å². The van der Waals surface area contributed by atoms with Gasteiger partial charge in [-0.25, -0.2) is 0 Å². The van der Waals surface area contributed by atoms with E-state index in [2.05, 4.69) is 19.2 Å². The standard InChI is InChI=1S/C28H38N2O4/c1-5-26(28(32)29-23-8-6-7-9-23)30(18-21-10-14-24(33-4)15-11-21)27(31)19-34-25-16-12-22(13-17-25)20(2)3/h10-17,20,23,26H,5-9,18-19H2,1-4H3,(H,29,32). The molecule has 1 aliphatic rings. The van der Waals surface area contributed by atoms with E-state index in [1.54, 1.807) is 12.0 Å². The first kappa shape index (κ1) is 25.6. The largest absolute Gasteiger partial charge is 0.497 e. The van der Waals surface area contributed by atoms with Crippen molar-refractivity contribution in [3.05, 3.63) is 59.7 Å². The Morgan fingerprint density at radius 1 is 1.00 bits per heavy atom. The highest BCUT2D eigenvalue weighted by atomic mass is 16.5. The average Bonchev–Trinajstić information content (AvgIpc) is 3.36. The number of carbonyl (C=O) groups is 2. The van der Waals surface area contributed by atoms with Crippen LogP contribution in [0.1, 0.15) is 69.9 Å². The van der Waals surface area contributed by atoms with Crippen LogP contribution in [0.4, 0.5) is 0 Å². The quantitative estimate of drug-likeness (QED) is 0.502.